The van der Waals surface area contributed by atoms with Gasteiger partial charge in [0, 0.05) is 16.2 Å². The lowest BCUT2D eigenvalue weighted by molar-refractivity contribution is -0.137. The van der Waals surface area contributed by atoms with Gasteiger partial charge in [0.25, 0.3) is 0 Å². The number of anilines is 1. The van der Waals surface area contributed by atoms with Crippen molar-refractivity contribution in [3.63, 3.8) is 0 Å². The van der Waals surface area contributed by atoms with Gasteiger partial charge in [0.2, 0.25) is 0 Å². The first-order chi connectivity index (χ1) is 8.88. The Bertz CT molecular complexity index is 398. The molecule has 1 N–H and O–H groups in total. The predicted octanol–water partition coefficient (Wildman–Crippen LogP) is 5.85. The molecule has 1 nitrogen and oxygen atoms in total. The molecule has 0 aliphatic rings. The van der Waals surface area contributed by atoms with Gasteiger partial charge in [-0.3, -0.25) is 0 Å². The zero-order valence-corrected chi connectivity index (χ0v) is 12.7. The van der Waals surface area contributed by atoms with Gasteiger partial charge in [-0.05, 0) is 31.0 Å². The molecule has 0 radical (unpaired) electrons. The van der Waals surface area contributed by atoms with Gasteiger partial charge in [-0.25, -0.2) is 0 Å². The van der Waals surface area contributed by atoms with Gasteiger partial charge in [-0.1, -0.05) is 42.6 Å². The second-order valence-electron chi connectivity index (χ2n) is 4.61. The zero-order chi connectivity index (χ0) is 14.5. The largest absolute Gasteiger partial charge is 0.418 e. The molecule has 0 spiro atoms. The summed E-state index contributed by atoms with van der Waals surface area (Å²) < 4.78 is 39.4. The second kappa shape index (κ2) is 7.17. The fourth-order valence-electron chi connectivity index (χ4n) is 2.08. The zero-order valence-electron chi connectivity index (χ0n) is 11.1. The summed E-state index contributed by atoms with van der Waals surface area (Å²) in [7, 11) is 0. The summed E-state index contributed by atoms with van der Waals surface area (Å²) in [5, 5.41) is 3.04. The highest BCUT2D eigenvalue weighted by molar-refractivity contribution is 9.10. The number of hydrogen-bond acceptors (Lipinski definition) is 1. The standard InChI is InChI=1S/C14H19BrF3N/c1-3-5-11(6-4-2)19-13-8-7-10(15)9-12(13)14(16,17)18/h7-9,11,19H,3-6H2,1-2H3. The van der Waals surface area contributed by atoms with Crippen molar-refractivity contribution in [3.05, 3.63) is 28.2 Å². The average Bonchev–Trinajstić information content (AvgIpc) is 2.31. The Morgan fingerprint density at radius 2 is 1.74 bits per heavy atom. The molecular formula is C14H19BrF3N. The normalized spacial score (nSPS) is 11.9. The average molecular weight is 338 g/mol. The van der Waals surface area contributed by atoms with Crippen LogP contribution in [0.1, 0.15) is 45.1 Å². The third-order valence-corrected chi connectivity index (χ3v) is 3.41. The van der Waals surface area contributed by atoms with E-state index in [-0.39, 0.29) is 11.7 Å². The fraction of sp³-hybridized carbons (Fsp3) is 0.571. The van der Waals surface area contributed by atoms with Crippen LogP contribution in [0.5, 0.6) is 0 Å². The minimum absolute atomic E-state index is 0.0947. The van der Waals surface area contributed by atoms with Crippen molar-refractivity contribution in [3.8, 4) is 0 Å². The van der Waals surface area contributed by atoms with Crippen LogP contribution < -0.4 is 5.32 Å². The van der Waals surface area contributed by atoms with Crippen LogP contribution in [-0.4, -0.2) is 6.04 Å². The molecule has 19 heavy (non-hydrogen) atoms. The first kappa shape index (κ1) is 16.3. The van der Waals surface area contributed by atoms with Crippen LogP contribution in [0.25, 0.3) is 0 Å². The Kier molecular flexibility index (Phi) is 6.17. The highest BCUT2D eigenvalue weighted by Crippen LogP contribution is 2.37. The summed E-state index contributed by atoms with van der Waals surface area (Å²) in [4.78, 5) is 0. The van der Waals surface area contributed by atoms with Gasteiger partial charge in [0.15, 0.2) is 0 Å². The molecule has 0 heterocycles. The van der Waals surface area contributed by atoms with Gasteiger partial charge < -0.3 is 5.32 Å². The van der Waals surface area contributed by atoms with Crippen LogP contribution in [-0.2, 0) is 6.18 Å². The van der Waals surface area contributed by atoms with Crippen molar-refractivity contribution in [2.45, 2.75) is 51.7 Å². The van der Waals surface area contributed by atoms with Crippen LogP contribution in [0.15, 0.2) is 22.7 Å². The smallest absolute Gasteiger partial charge is 0.382 e. The summed E-state index contributed by atoms with van der Waals surface area (Å²) >= 11 is 3.09. The maximum absolute atomic E-state index is 13.0. The Morgan fingerprint density at radius 1 is 1.16 bits per heavy atom. The van der Waals surface area contributed by atoms with Crippen LogP contribution >= 0.6 is 15.9 Å². The summed E-state index contributed by atoms with van der Waals surface area (Å²) in [6.07, 6.45) is -0.678. The van der Waals surface area contributed by atoms with Crippen molar-refractivity contribution in [2.75, 3.05) is 5.32 Å². The fourth-order valence-corrected chi connectivity index (χ4v) is 2.44. The molecular weight excluding hydrogens is 319 g/mol. The number of alkyl halides is 3. The first-order valence-electron chi connectivity index (χ1n) is 6.51. The molecule has 0 saturated carbocycles. The van der Waals surface area contributed by atoms with Crippen molar-refractivity contribution in [1.29, 1.82) is 0 Å². The van der Waals surface area contributed by atoms with Gasteiger partial charge in [0.05, 0.1) is 5.56 Å². The number of nitrogens with one attached hydrogen (secondary N) is 1. The summed E-state index contributed by atoms with van der Waals surface area (Å²) in [5.41, 5.74) is -0.443. The van der Waals surface area contributed by atoms with Crippen molar-refractivity contribution >= 4 is 21.6 Å². The van der Waals surface area contributed by atoms with E-state index in [2.05, 4.69) is 21.2 Å². The lowest BCUT2D eigenvalue weighted by Crippen LogP contribution is -2.21. The van der Waals surface area contributed by atoms with E-state index in [1.54, 1.807) is 6.07 Å². The van der Waals surface area contributed by atoms with Crippen LogP contribution in [0.2, 0.25) is 0 Å². The highest BCUT2D eigenvalue weighted by atomic mass is 79.9. The van der Waals surface area contributed by atoms with E-state index in [1.807, 2.05) is 13.8 Å². The van der Waals surface area contributed by atoms with Crippen molar-refractivity contribution in [2.24, 2.45) is 0 Å². The monoisotopic (exact) mass is 337 g/mol. The molecule has 0 aromatic heterocycles. The molecule has 0 bridgehead atoms. The van der Waals surface area contributed by atoms with Gasteiger partial charge in [-0.2, -0.15) is 13.2 Å². The molecule has 1 aromatic carbocycles. The molecule has 0 unspecified atom stereocenters. The summed E-state index contributed by atoms with van der Waals surface area (Å²) in [5.74, 6) is 0. The second-order valence-corrected chi connectivity index (χ2v) is 5.52. The van der Waals surface area contributed by atoms with Gasteiger partial charge in [0.1, 0.15) is 0 Å². The topological polar surface area (TPSA) is 12.0 Å². The first-order valence-corrected chi connectivity index (χ1v) is 7.31. The Labute approximate surface area is 120 Å². The lowest BCUT2D eigenvalue weighted by Gasteiger charge is -2.22. The summed E-state index contributed by atoms with van der Waals surface area (Å²) in [6, 6.07) is 4.34. The van der Waals surface area contributed by atoms with E-state index in [4.69, 9.17) is 0 Å². The predicted molar refractivity (Wildman–Crippen MR) is 76.4 cm³/mol. The number of hydrogen-bond donors (Lipinski definition) is 1. The quantitative estimate of drug-likeness (QED) is 0.686. The Hall–Kier alpha value is -0.710. The van der Waals surface area contributed by atoms with Crippen LogP contribution in [0.3, 0.4) is 0 Å². The molecule has 1 aromatic rings. The van der Waals surface area contributed by atoms with Crippen LogP contribution in [0, 0.1) is 0 Å². The Morgan fingerprint density at radius 3 is 2.21 bits per heavy atom. The van der Waals surface area contributed by atoms with Crippen molar-refractivity contribution in [1.82, 2.24) is 0 Å². The molecule has 0 saturated heterocycles. The van der Waals surface area contributed by atoms with E-state index in [0.29, 0.717) is 4.47 Å². The molecule has 0 fully saturated rings. The summed E-state index contributed by atoms with van der Waals surface area (Å²) in [6.45, 7) is 4.08. The molecule has 1 rings (SSSR count). The maximum atomic E-state index is 13.0. The van der Waals surface area contributed by atoms with E-state index in [0.717, 1.165) is 31.7 Å². The third kappa shape index (κ3) is 5.05. The number of benzene rings is 1. The van der Waals surface area contributed by atoms with Gasteiger partial charge in [-0.15, -0.1) is 0 Å². The van der Waals surface area contributed by atoms with Crippen molar-refractivity contribution < 1.29 is 13.2 Å². The van der Waals surface area contributed by atoms with Gasteiger partial charge >= 0.3 is 6.18 Å². The maximum Gasteiger partial charge on any atom is 0.418 e. The minimum atomic E-state index is -4.34. The molecule has 0 aliphatic heterocycles. The lowest BCUT2D eigenvalue weighted by atomic mass is 10.0. The molecule has 108 valence electrons. The molecule has 0 aliphatic carbocycles. The van der Waals surface area contributed by atoms with E-state index >= 15 is 0 Å². The number of rotatable bonds is 6. The van der Waals surface area contributed by atoms with Crippen LogP contribution in [0.4, 0.5) is 18.9 Å². The molecule has 0 amide bonds. The number of halogens is 4. The minimum Gasteiger partial charge on any atom is -0.382 e. The SMILES string of the molecule is CCCC(CCC)Nc1ccc(Br)cc1C(F)(F)F. The Balaban J connectivity index is 2.98. The van der Waals surface area contributed by atoms with E-state index in [9.17, 15) is 13.2 Å². The molecule has 0 atom stereocenters. The molecule has 5 heteroatoms. The third-order valence-electron chi connectivity index (χ3n) is 2.92. The van der Waals surface area contributed by atoms with E-state index in [1.165, 1.54) is 6.07 Å². The van der Waals surface area contributed by atoms with E-state index < -0.39 is 11.7 Å². The highest BCUT2D eigenvalue weighted by Gasteiger charge is 2.34.